The molecule has 7 atom stereocenters. The quantitative estimate of drug-likeness (QED) is 0.326. The van der Waals surface area contributed by atoms with Crippen LogP contribution in [0.15, 0.2) is 11.6 Å². The van der Waals surface area contributed by atoms with Gasteiger partial charge in [0.05, 0.1) is 11.7 Å². The van der Waals surface area contributed by atoms with Gasteiger partial charge in [0.2, 0.25) is 5.78 Å². The van der Waals surface area contributed by atoms with Crippen LogP contribution in [0.4, 0.5) is 0 Å². The van der Waals surface area contributed by atoms with Crippen molar-refractivity contribution in [1.82, 2.24) is 0 Å². The van der Waals surface area contributed by atoms with Gasteiger partial charge in [0.15, 0.2) is 12.4 Å². The molecule has 0 amide bonds. The van der Waals surface area contributed by atoms with Crippen LogP contribution in [0.3, 0.4) is 0 Å². The van der Waals surface area contributed by atoms with Gasteiger partial charge in [-0.15, -0.1) is 0 Å². The molecule has 3 saturated carbocycles. The van der Waals surface area contributed by atoms with E-state index < -0.39 is 17.0 Å². The van der Waals surface area contributed by atoms with Gasteiger partial charge < -0.3 is 18.9 Å². The molecular formula is C26H36O7. The Hall–Kier alpha value is -1.57. The highest BCUT2D eigenvalue weighted by atomic mass is 16.7. The average molecular weight is 461 g/mol. The number of Topliss-reactive ketones (excluding diaryl/α,β-unsaturated/α-hetero) is 1. The molecular weight excluding hydrogens is 424 g/mol. The highest BCUT2D eigenvalue weighted by Crippen LogP contribution is 2.76. The Balaban J connectivity index is 1.49. The van der Waals surface area contributed by atoms with Crippen molar-refractivity contribution < 1.29 is 33.3 Å². The summed E-state index contributed by atoms with van der Waals surface area (Å²) in [7, 11) is 0. The number of ketones is 2. The van der Waals surface area contributed by atoms with E-state index in [1.807, 2.05) is 13.0 Å². The maximum absolute atomic E-state index is 13.6. The van der Waals surface area contributed by atoms with E-state index in [9.17, 15) is 14.4 Å². The summed E-state index contributed by atoms with van der Waals surface area (Å²) in [6.07, 6.45) is 7.27. The van der Waals surface area contributed by atoms with Crippen molar-refractivity contribution in [2.75, 3.05) is 20.0 Å². The van der Waals surface area contributed by atoms with Crippen LogP contribution in [0, 0.1) is 22.7 Å². The van der Waals surface area contributed by atoms with E-state index in [1.165, 1.54) is 12.5 Å². The smallest absolute Gasteiger partial charge is 0.303 e. The molecule has 0 aromatic rings. The molecule has 1 saturated heterocycles. The molecule has 4 aliphatic carbocycles. The Kier molecular flexibility index (Phi) is 5.42. The molecule has 4 fully saturated rings. The Morgan fingerprint density at radius 3 is 2.70 bits per heavy atom. The zero-order chi connectivity index (χ0) is 23.6. The van der Waals surface area contributed by atoms with E-state index in [4.69, 9.17) is 18.9 Å². The summed E-state index contributed by atoms with van der Waals surface area (Å²) in [5.41, 5.74) is -0.498. The largest absolute Gasteiger partial charge is 0.458 e. The third-order valence-electron chi connectivity index (χ3n) is 9.84. The molecule has 182 valence electrons. The molecule has 0 N–H and O–H groups in total. The van der Waals surface area contributed by atoms with Gasteiger partial charge in [0, 0.05) is 31.3 Å². The third kappa shape index (κ3) is 3.01. The van der Waals surface area contributed by atoms with Crippen LogP contribution in [0.5, 0.6) is 0 Å². The molecule has 5 aliphatic rings. The van der Waals surface area contributed by atoms with E-state index in [0.29, 0.717) is 25.4 Å². The Morgan fingerprint density at radius 2 is 1.97 bits per heavy atom. The van der Waals surface area contributed by atoms with Gasteiger partial charge in [-0.25, -0.2) is 0 Å². The average Bonchev–Trinajstić information content (AvgIpc) is 3.06. The second-order valence-electron chi connectivity index (χ2n) is 11.1. The molecule has 33 heavy (non-hydrogen) atoms. The first-order chi connectivity index (χ1) is 15.6. The van der Waals surface area contributed by atoms with Crippen LogP contribution in [0.1, 0.15) is 72.6 Å². The van der Waals surface area contributed by atoms with Crippen LogP contribution < -0.4 is 0 Å². The molecule has 1 aliphatic heterocycles. The Labute approximate surface area is 195 Å². The number of ether oxygens (including phenoxy) is 4. The second-order valence-corrected chi connectivity index (χ2v) is 11.1. The van der Waals surface area contributed by atoms with E-state index in [-0.39, 0.29) is 48.0 Å². The minimum absolute atomic E-state index is 0.0183. The molecule has 0 radical (unpaired) electrons. The number of carbonyl (C=O) groups excluding carboxylic acids is 3. The van der Waals surface area contributed by atoms with Gasteiger partial charge in [-0.3, -0.25) is 14.4 Å². The first kappa shape index (κ1) is 23.2. The first-order valence-corrected chi connectivity index (χ1v) is 12.4. The molecule has 0 spiro atoms. The molecule has 5 rings (SSSR count). The van der Waals surface area contributed by atoms with Crippen molar-refractivity contribution in [3.8, 4) is 0 Å². The monoisotopic (exact) mass is 460 g/mol. The number of hydrogen-bond acceptors (Lipinski definition) is 7. The molecule has 2 bridgehead atoms. The van der Waals surface area contributed by atoms with Crippen molar-refractivity contribution in [2.45, 2.75) is 89.9 Å². The number of rotatable bonds is 7. The fourth-order valence-corrected chi connectivity index (χ4v) is 8.51. The summed E-state index contributed by atoms with van der Waals surface area (Å²) in [6.45, 7) is 7.97. The van der Waals surface area contributed by atoms with Gasteiger partial charge in [0.25, 0.3) is 0 Å². The summed E-state index contributed by atoms with van der Waals surface area (Å²) < 4.78 is 23.6. The van der Waals surface area contributed by atoms with Crippen LogP contribution in [0.25, 0.3) is 0 Å². The van der Waals surface area contributed by atoms with Crippen molar-refractivity contribution in [1.29, 1.82) is 0 Å². The zero-order valence-corrected chi connectivity index (χ0v) is 20.2. The second kappa shape index (κ2) is 7.72. The summed E-state index contributed by atoms with van der Waals surface area (Å²) in [4.78, 5) is 37.2. The van der Waals surface area contributed by atoms with E-state index in [1.54, 1.807) is 0 Å². The fraction of sp³-hybridized carbons (Fsp3) is 0.808. The van der Waals surface area contributed by atoms with Crippen molar-refractivity contribution >= 4 is 17.5 Å². The van der Waals surface area contributed by atoms with Crippen LogP contribution >= 0.6 is 0 Å². The summed E-state index contributed by atoms with van der Waals surface area (Å²) in [6, 6.07) is 0. The van der Waals surface area contributed by atoms with Gasteiger partial charge in [-0.1, -0.05) is 19.4 Å². The lowest BCUT2D eigenvalue weighted by Gasteiger charge is -2.74. The first-order valence-electron chi connectivity index (χ1n) is 12.4. The number of hydrogen-bond donors (Lipinski definition) is 0. The normalized spacial score (nSPS) is 45.3. The SMILES string of the molecule is CCOCO[C@]1(C(=O)COC(C)=O)CC[C@H]2[C@]34CCC5=CC(=O)CC[C@]5(C)[C@H]3C(C[C@@]21C)O4. The predicted molar refractivity (Wildman–Crippen MR) is 118 cm³/mol. The van der Waals surface area contributed by atoms with Gasteiger partial charge in [0.1, 0.15) is 12.4 Å². The van der Waals surface area contributed by atoms with Crippen LogP contribution in [-0.2, 0) is 33.3 Å². The van der Waals surface area contributed by atoms with Crippen molar-refractivity contribution in [2.24, 2.45) is 22.7 Å². The highest BCUT2D eigenvalue weighted by molar-refractivity contribution is 5.92. The standard InChI is InChI=1S/C26H36O7/c1-5-30-15-32-26(21(29)14-31-16(2)27)11-8-20-24(26,4)13-19-22-23(3)9-7-18(28)12-17(23)6-10-25(20,22)33-19/h12,19-20,22H,5-11,13-15H2,1-4H3/t19?,20-,22-,23+,24+,25-,26+/m1/s1. The predicted octanol–water partition coefficient (Wildman–Crippen LogP) is 3.53. The van der Waals surface area contributed by atoms with Crippen LogP contribution in [0.2, 0.25) is 0 Å². The lowest BCUT2D eigenvalue weighted by molar-refractivity contribution is -0.382. The zero-order valence-electron chi connectivity index (χ0n) is 20.2. The molecule has 7 nitrogen and oxygen atoms in total. The van der Waals surface area contributed by atoms with Crippen molar-refractivity contribution in [3.05, 3.63) is 11.6 Å². The highest BCUT2D eigenvalue weighted by Gasteiger charge is 2.79. The summed E-state index contributed by atoms with van der Waals surface area (Å²) in [5, 5.41) is 0. The molecule has 0 aromatic carbocycles. The number of carbonyl (C=O) groups is 3. The number of allylic oxidation sites excluding steroid dienone is 1. The van der Waals surface area contributed by atoms with Gasteiger partial charge in [-0.05, 0) is 62.9 Å². The number of fused-ring (bicyclic) bond motifs is 2. The van der Waals surface area contributed by atoms with Gasteiger partial charge in [-0.2, -0.15) is 0 Å². The molecule has 1 heterocycles. The van der Waals surface area contributed by atoms with E-state index in [0.717, 1.165) is 32.1 Å². The maximum Gasteiger partial charge on any atom is 0.303 e. The topological polar surface area (TPSA) is 88.1 Å². The molecule has 0 aromatic heterocycles. The number of esters is 1. The summed E-state index contributed by atoms with van der Waals surface area (Å²) >= 11 is 0. The van der Waals surface area contributed by atoms with E-state index in [2.05, 4.69) is 13.8 Å². The fourth-order valence-electron chi connectivity index (χ4n) is 8.51. The Bertz CT molecular complexity index is 910. The molecule has 7 heteroatoms. The third-order valence-corrected chi connectivity index (χ3v) is 9.84. The lowest BCUT2D eigenvalue weighted by Crippen LogP contribution is -2.78. The Morgan fingerprint density at radius 1 is 1.18 bits per heavy atom. The van der Waals surface area contributed by atoms with Crippen molar-refractivity contribution in [3.63, 3.8) is 0 Å². The molecule has 1 unspecified atom stereocenters. The van der Waals surface area contributed by atoms with Gasteiger partial charge >= 0.3 is 5.97 Å². The lowest BCUT2D eigenvalue weighted by atomic mass is 9.40. The minimum Gasteiger partial charge on any atom is -0.458 e. The van der Waals surface area contributed by atoms with Crippen LogP contribution in [-0.4, -0.2) is 54.8 Å². The van der Waals surface area contributed by atoms with E-state index >= 15 is 0 Å². The summed E-state index contributed by atoms with van der Waals surface area (Å²) in [5.74, 6) is 0.126. The maximum atomic E-state index is 13.6. The minimum atomic E-state index is -1.05.